The highest BCUT2D eigenvalue weighted by molar-refractivity contribution is 7.20. The van der Waals surface area contributed by atoms with Crippen LogP contribution < -0.4 is 10.9 Å². The largest absolute Gasteiger partial charge is 0.508 e. The van der Waals surface area contributed by atoms with Crippen LogP contribution in [-0.4, -0.2) is 33.1 Å². The summed E-state index contributed by atoms with van der Waals surface area (Å²) < 4.78 is 6.33. The third kappa shape index (κ3) is 4.00. The number of benzene rings is 1. The van der Waals surface area contributed by atoms with E-state index in [0.29, 0.717) is 32.8 Å². The van der Waals surface area contributed by atoms with Gasteiger partial charge in [0.2, 0.25) is 5.91 Å². The molecular weight excluding hydrogens is 394 g/mol. The number of aromatic nitrogens is 2. The number of nitrogens with zero attached hydrogens (tertiary/aromatic N) is 2. The second-order valence-corrected chi connectivity index (χ2v) is 7.37. The number of thiophene rings is 1. The number of carbonyl (C=O) groups excluding carboxylic acids is 2. The molecule has 0 bridgehead atoms. The number of hydrogen-bond donors (Lipinski definition) is 2. The van der Waals surface area contributed by atoms with Crippen molar-refractivity contribution in [3.63, 3.8) is 0 Å². The zero-order valence-electron chi connectivity index (χ0n) is 16.3. The normalized spacial score (nSPS) is 12.0. The molecule has 3 rings (SSSR count). The first-order valence-corrected chi connectivity index (χ1v) is 9.96. The Labute approximate surface area is 170 Å². The van der Waals surface area contributed by atoms with Gasteiger partial charge in [-0.1, -0.05) is 6.92 Å². The fourth-order valence-electron chi connectivity index (χ4n) is 3.03. The first-order chi connectivity index (χ1) is 13.9. The fourth-order valence-corrected chi connectivity index (χ4v) is 4.06. The average molecular weight is 415 g/mol. The maximum atomic E-state index is 13.1. The number of esters is 1. The Morgan fingerprint density at radius 2 is 1.97 bits per heavy atom. The van der Waals surface area contributed by atoms with Crippen LogP contribution in [-0.2, 0) is 9.53 Å². The summed E-state index contributed by atoms with van der Waals surface area (Å²) in [6.45, 7) is 5.42. The van der Waals surface area contributed by atoms with Crippen molar-refractivity contribution < 1.29 is 19.4 Å². The number of aryl methyl sites for hydroxylation is 1. The van der Waals surface area contributed by atoms with Crippen LogP contribution in [0.1, 0.15) is 41.5 Å². The van der Waals surface area contributed by atoms with E-state index in [4.69, 9.17) is 4.74 Å². The van der Waals surface area contributed by atoms with Crippen LogP contribution in [0, 0.1) is 6.92 Å². The Balaban J connectivity index is 1.98. The molecule has 2 heterocycles. The molecule has 1 atom stereocenters. The van der Waals surface area contributed by atoms with Gasteiger partial charge in [0.15, 0.2) is 0 Å². The van der Waals surface area contributed by atoms with E-state index in [2.05, 4.69) is 10.3 Å². The van der Waals surface area contributed by atoms with Crippen molar-refractivity contribution in [2.45, 2.75) is 33.2 Å². The Hall–Kier alpha value is -3.20. The Morgan fingerprint density at radius 1 is 1.28 bits per heavy atom. The van der Waals surface area contributed by atoms with Crippen molar-refractivity contribution in [3.8, 4) is 5.75 Å². The maximum absolute atomic E-state index is 13.1. The van der Waals surface area contributed by atoms with Crippen molar-refractivity contribution in [1.82, 2.24) is 9.55 Å². The molecule has 0 radical (unpaired) electrons. The minimum atomic E-state index is -0.779. The third-order valence-electron chi connectivity index (χ3n) is 4.50. The molecule has 2 aromatic heterocycles. The van der Waals surface area contributed by atoms with Gasteiger partial charge in [0.25, 0.3) is 5.56 Å². The number of phenolic OH excluding ortho intramolecular Hbond substituents is 1. The average Bonchev–Trinajstić information content (AvgIpc) is 3.03. The van der Waals surface area contributed by atoms with Gasteiger partial charge in [0, 0.05) is 5.69 Å². The first kappa shape index (κ1) is 20.5. The highest BCUT2D eigenvalue weighted by atomic mass is 32.1. The predicted octanol–water partition coefficient (Wildman–Crippen LogP) is 3.24. The zero-order chi connectivity index (χ0) is 21.1. The molecule has 1 aromatic carbocycles. The molecule has 0 aliphatic carbocycles. The Morgan fingerprint density at radius 3 is 2.59 bits per heavy atom. The lowest BCUT2D eigenvalue weighted by molar-refractivity contribution is -0.119. The molecule has 0 saturated carbocycles. The number of phenols is 1. The van der Waals surface area contributed by atoms with Crippen LogP contribution in [0.5, 0.6) is 5.75 Å². The summed E-state index contributed by atoms with van der Waals surface area (Å²) in [6.07, 6.45) is 1.70. The molecule has 0 spiro atoms. The van der Waals surface area contributed by atoms with E-state index in [1.54, 1.807) is 32.9 Å². The molecule has 152 valence electrons. The number of amides is 1. The van der Waals surface area contributed by atoms with E-state index in [1.807, 2.05) is 0 Å². The van der Waals surface area contributed by atoms with Crippen molar-refractivity contribution in [2.75, 3.05) is 11.9 Å². The highest BCUT2D eigenvalue weighted by Crippen LogP contribution is 2.28. The standard InChI is InChI=1S/C20H21N3O5S/c1-4-14(17(25)22-12-6-8-13(24)9-7-12)23-10-21-18-15(19(23)26)11(3)16(29-18)20(27)28-5-2/h6-10,14,24H,4-5H2,1-3H3,(H,22,25). The summed E-state index contributed by atoms with van der Waals surface area (Å²) in [7, 11) is 0. The molecule has 1 unspecified atom stereocenters. The van der Waals surface area contributed by atoms with Gasteiger partial charge >= 0.3 is 5.97 Å². The summed E-state index contributed by atoms with van der Waals surface area (Å²) in [6, 6.07) is 5.28. The topological polar surface area (TPSA) is 111 Å². The Bertz CT molecular complexity index is 1120. The number of fused-ring (bicyclic) bond motifs is 1. The lowest BCUT2D eigenvalue weighted by atomic mass is 10.1. The molecular formula is C20H21N3O5S. The molecule has 0 aliphatic rings. The molecule has 9 heteroatoms. The van der Waals surface area contributed by atoms with E-state index in [-0.39, 0.29) is 23.8 Å². The summed E-state index contributed by atoms with van der Waals surface area (Å²) in [5.41, 5.74) is 0.626. The lowest BCUT2D eigenvalue weighted by Gasteiger charge is -2.17. The molecule has 0 aliphatic heterocycles. The number of aromatic hydroxyl groups is 1. The van der Waals surface area contributed by atoms with Crippen LogP contribution in [0.4, 0.5) is 5.69 Å². The predicted molar refractivity (Wildman–Crippen MR) is 111 cm³/mol. The van der Waals surface area contributed by atoms with E-state index in [0.717, 1.165) is 11.3 Å². The molecule has 8 nitrogen and oxygen atoms in total. The minimum Gasteiger partial charge on any atom is -0.508 e. The second kappa shape index (κ2) is 8.44. The van der Waals surface area contributed by atoms with Crippen molar-refractivity contribution in [3.05, 3.63) is 51.4 Å². The maximum Gasteiger partial charge on any atom is 0.348 e. The molecule has 2 N–H and O–H groups in total. The molecule has 1 amide bonds. The van der Waals surface area contributed by atoms with Gasteiger partial charge in [0.05, 0.1) is 18.3 Å². The van der Waals surface area contributed by atoms with E-state index >= 15 is 0 Å². The number of anilines is 1. The smallest absolute Gasteiger partial charge is 0.348 e. The summed E-state index contributed by atoms with van der Waals surface area (Å²) in [5.74, 6) is -0.776. The highest BCUT2D eigenvalue weighted by Gasteiger charge is 2.25. The molecule has 0 fully saturated rings. The van der Waals surface area contributed by atoms with Crippen LogP contribution in [0.25, 0.3) is 10.2 Å². The number of rotatable bonds is 6. The summed E-state index contributed by atoms with van der Waals surface area (Å²) in [4.78, 5) is 43.1. The van der Waals surface area contributed by atoms with Crippen LogP contribution >= 0.6 is 11.3 Å². The molecule has 29 heavy (non-hydrogen) atoms. The fraction of sp³-hybridized carbons (Fsp3) is 0.300. The van der Waals surface area contributed by atoms with E-state index in [9.17, 15) is 19.5 Å². The van der Waals surface area contributed by atoms with Gasteiger partial charge in [-0.05, 0) is 50.1 Å². The molecule has 3 aromatic rings. The number of ether oxygens (including phenoxy) is 1. The van der Waals surface area contributed by atoms with Crippen LogP contribution in [0.15, 0.2) is 35.4 Å². The minimum absolute atomic E-state index is 0.0891. The van der Waals surface area contributed by atoms with Crippen molar-refractivity contribution >= 4 is 39.1 Å². The third-order valence-corrected chi connectivity index (χ3v) is 5.68. The van der Waals surface area contributed by atoms with Crippen LogP contribution in [0.3, 0.4) is 0 Å². The number of carbonyl (C=O) groups is 2. The van der Waals surface area contributed by atoms with Gasteiger partial charge < -0.3 is 15.2 Å². The zero-order valence-corrected chi connectivity index (χ0v) is 17.1. The SMILES string of the molecule is CCOC(=O)c1sc2ncn(C(CC)C(=O)Nc3ccc(O)cc3)c(=O)c2c1C. The van der Waals surface area contributed by atoms with Gasteiger partial charge in [-0.3, -0.25) is 14.2 Å². The quantitative estimate of drug-likeness (QED) is 0.472. The van der Waals surface area contributed by atoms with Crippen LogP contribution in [0.2, 0.25) is 0 Å². The van der Waals surface area contributed by atoms with Gasteiger partial charge in [-0.25, -0.2) is 9.78 Å². The Kier molecular flexibility index (Phi) is 5.97. The number of nitrogens with one attached hydrogen (secondary N) is 1. The number of hydrogen-bond acceptors (Lipinski definition) is 7. The first-order valence-electron chi connectivity index (χ1n) is 9.14. The summed E-state index contributed by atoms with van der Waals surface area (Å²) in [5, 5.41) is 12.4. The van der Waals surface area contributed by atoms with E-state index in [1.165, 1.54) is 23.0 Å². The van der Waals surface area contributed by atoms with E-state index < -0.39 is 12.0 Å². The second-order valence-electron chi connectivity index (χ2n) is 6.37. The summed E-state index contributed by atoms with van der Waals surface area (Å²) >= 11 is 1.10. The van der Waals surface area contributed by atoms with Crippen molar-refractivity contribution in [2.24, 2.45) is 0 Å². The van der Waals surface area contributed by atoms with Gasteiger partial charge in [-0.2, -0.15) is 0 Å². The van der Waals surface area contributed by atoms with Gasteiger partial charge in [-0.15, -0.1) is 11.3 Å². The van der Waals surface area contributed by atoms with Gasteiger partial charge in [0.1, 0.15) is 21.5 Å². The lowest BCUT2D eigenvalue weighted by Crippen LogP contribution is -2.33. The van der Waals surface area contributed by atoms with Crippen molar-refractivity contribution in [1.29, 1.82) is 0 Å². The monoisotopic (exact) mass is 415 g/mol. The molecule has 0 saturated heterocycles.